The van der Waals surface area contributed by atoms with Crippen molar-refractivity contribution in [2.75, 3.05) is 0 Å². The van der Waals surface area contributed by atoms with Gasteiger partial charge in [-0.3, -0.25) is 4.79 Å². The van der Waals surface area contributed by atoms with Crippen LogP contribution in [0.1, 0.15) is 87.5 Å². The molecule has 0 spiro atoms. The van der Waals surface area contributed by atoms with Gasteiger partial charge in [-0.25, -0.2) is 0 Å². The lowest BCUT2D eigenvalue weighted by molar-refractivity contribution is -0.131. The summed E-state index contributed by atoms with van der Waals surface area (Å²) in [4.78, 5) is 11.9. The van der Waals surface area contributed by atoms with Gasteiger partial charge in [0.2, 0.25) is 0 Å². The van der Waals surface area contributed by atoms with E-state index < -0.39 is 0 Å². The van der Waals surface area contributed by atoms with E-state index in [-0.39, 0.29) is 10.8 Å². The van der Waals surface area contributed by atoms with E-state index in [4.69, 9.17) is 0 Å². The first kappa shape index (κ1) is 17.5. The van der Waals surface area contributed by atoms with Gasteiger partial charge in [0.05, 0.1) is 0 Å². The summed E-state index contributed by atoms with van der Waals surface area (Å²) in [6.07, 6.45) is 6.83. The molecule has 0 heterocycles. The number of carbonyl (C=O) groups excluding carboxylic acids is 1. The molecule has 0 amide bonds. The second-order valence-corrected chi connectivity index (χ2v) is 11.0. The van der Waals surface area contributed by atoms with Crippen molar-refractivity contribution in [2.45, 2.75) is 87.5 Å². The van der Waals surface area contributed by atoms with Crippen molar-refractivity contribution in [1.82, 2.24) is 0 Å². The lowest BCUT2D eigenvalue weighted by Gasteiger charge is -2.34. The van der Waals surface area contributed by atoms with Crippen LogP contribution in [0.25, 0.3) is 0 Å². The zero-order valence-electron chi connectivity index (χ0n) is 16.8. The van der Waals surface area contributed by atoms with E-state index >= 15 is 0 Å². The minimum absolute atomic E-state index is 0.00289. The molecule has 6 atom stereocenters. The molecule has 6 unspecified atom stereocenters. The third-order valence-corrected chi connectivity index (χ3v) is 9.81. The molecule has 0 aliphatic heterocycles. The molecule has 0 radical (unpaired) electrons. The molecule has 0 aromatic rings. The molecule has 132 valence electrons. The molecule has 23 heavy (non-hydrogen) atoms. The summed E-state index contributed by atoms with van der Waals surface area (Å²) in [6.45, 7) is 18.7. The monoisotopic (exact) mass is 318 g/mol. The third kappa shape index (κ3) is 2.00. The quantitative estimate of drug-likeness (QED) is 0.526. The number of Topliss-reactive ketones (excluding diaryl/α,β-unsaturated/α-hetero) is 1. The van der Waals surface area contributed by atoms with Gasteiger partial charge in [-0.05, 0) is 66.1 Å². The Bertz CT molecular complexity index is 513. The van der Waals surface area contributed by atoms with Gasteiger partial charge in [0.15, 0.2) is 0 Å². The average Bonchev–Trinajstić information content (AvgIpc) is 2.91. The van der Waals surface area contributed by atoms with Crippen molar-refractivity contribution in [1.29, 1.82) is 0 Å². The molecule has 0 saturated heterocycles. The van der Waals surface area contributed by atoms with Crippen molar-refractivity contribution in [3.63, 3.8) is 0 Å². The summed E-state index contributed by atoms with van der Waals surface area (Å²) in [6, 6.07) is 0. The van der Waals surface area contributed by atoms with E-state index in [1.807, 2.05) is 0 Å². The maximum absolute atomic E-state index is 11.9. The molecule has 0 aromatic heterocycles. The van der Waals surface area contributed by atoms with E-state index in [0.717, 1.165) is 18.3 Å². The second kappa shape index (κ2) is 4.85. The largest absolute Gasteiger partial charge is 0.299 e. The van der Waals surface area contributed by atoms with Crippen LogP contribution < -0.4 is 0 Å². The van der Waals surface area contributed by atoms with E-state index in [1.165, 1.54) is 25.7 Å². The first-order valence-corrected chi connectivity index (χ1v) is 9.93. The van der Waals surface area contributed by atoms with Crippen LogP contribution in [-0.2, 0) is 4.79 Å². The zero-order valence-corrected chi connectivity index (χ0v) is 16.8. The molecular weight excluding hydrogens is 280 g/mol. The van der Waals surface area contributed by atoms with Crippen LogP contribution in [0, 0.1) is 45.3 Å². The minimum atomic E-state index is -0.00289. The lowest BCUT2D eigenvalue weighted by atomic mass is 9.70. The van der Waals surface area contributed by atoms with Crippen molar-refractivity contribution in [3.8, 4) is 0 Å². The Balaban J connectivity index is 0.000000136. The molecule has 4 aliphatic carbocycles. The van der Waals surface area contributed by atoms with Gasteiger partial charge in [-0.15, -0.1) is 0 Å². The number of rotatable bonds is 0. The van der Waals surface area contributed by atoms with E-state index in [0.29, 0.717) is 28.4 Å². The topological polar surface area (TPSA) is 17.1 Å². The molecule has 0 aromatic carbocycles. The van der Waals surface area contributed by atoms with Crippen molar-refractivity contribution >= 4 is 5.78 Å². The van der Waals surface area contributed by atoms with Gasteiger partial charge < -0.3 is 0 Å². The van der Waals surface area contributed by atoms with Crippen LogP contribution in [0.4, 0.5) is 0 Å². The second-order valence-electron chi connectivity index (χ2n) is 11.0. The van der Waals surface area contributed by atoms with Crippen LogP contribution in [-0.4, -0.2) is 5.78 Å². The summed E-state index contributed by atoms with van der Waals surface area (Å²) in [5.74, 6) is 3.49. The van der Waals surface area contributed by atoms with Gasteiger partial charge in [-0.1, -0.05) is 55.4 Å². The number of fused-ring (bicyclic) bond motifs is 4. The van der Waals surface area contributed by atoms with Crippen molar-refractivity contribution in [2.24, 2.45) is 45.3 Å². The van der Waals surface area contributed by atoms with Gasteiger partial charge in [0, 0.05) is 11.3 Å². The van der Waals surface area contributed by atoms with Crippen LogP contribution >= 0.6 is 0 Å². The molecule has 4 rings (SSSR count). The van der Waals surface area contributed by atoms with Crippen molar-refractivity contribution in [3.05, 3.63) is 0 Å². The fourth-order valence-electron chi connectivity index (χ4n) is 7.36. The highest BCUT2D eigenvalue weighted by atomic mass is 16.1. The summed E-state index contributed by atoms with van der Waals surface area (Å²) in [5.41, 5.74) is 1.56. The van der Waals surface area contributed by atoms with Crippen LogP contribution in [0.15, 0.2) is 0 Å². The number of carbonyl (C=O) groups is 1. The van der Waals surface area contributed by atoms with Gasteiger partial charge in [0.1, 0.15) is 5.78 Å². The predicted molar refractivity (Wildman–Crippen MR) is 97.2 cm³/mol. The fraction of sp³-hybridized carbons (Fsp3) is 0.955. The molecule has 4 aliphatic rings. The molecule has 4 bridgehead atoms. The average molecular weight is 319 g/mol. The maximum atomic E-state index is 11.9. The van der Waals surface area contributed by atoms with E-state index in [2.05, 4.69) is 55.4 Å². The number of ketones is 1. The van der Waals surface area contributed by atoms with Crippen molar-refractivity contribution < 1.29 is 4.79 Å². The Labute approximate surface area is 144 Å². The molecular formula is C22H38O. The molecule has 4 fully saturated rings. The van der Waals surface area contributed by atoms with E-state index in [9.17, 15) is 4.79 Å². The number of hydrogen-bond acceptors (Lipinski definition) is 1. The Kier molecular flexibility index (Phi) is 3.69. The van der Waals surface area contributed by atoms with Crippen LogP contribution in [0.5, 0.6) is 0 Å². The first-order valence-electron chi connectivity index (χ1n) is 9.93. The Morgan fingerprint density at radius 3 is 1.61 bits per heavy atom. The molecule has 1 nitrogen and oxygen atoms in total. The minimum Gasteiger partial charge on any atom is -0.299 e. The summed E-state index contributed by atoms with van der Waals surface area (Å²) < 4.78 is 0. The normalized spacial score (nSPS) is 51.7. The maximum Gasteiger partial charge on any atom is 0.142 e. The summed E-state index contributed by atoms with van der Waals surface area (Å²) in [7, 11) is 0. The number of hydrogen-bond donors (Lipinski definition) is 0. The first-order chi connectivity index (χ1) is 10.4. The Morgan fingerprint density at radius 1 is 0.826 bits per heavy atom. The summed E-state index contributed by atoms with van der Waals surface area (Å²) >= 11 is 0. The highest BCUT2D eigenvalue weighted by molar-refractivity contribution is 5.91. The SMILES string of the molecule is CC1C(=O)C2(C)CCC1C2(C)C.CC1CC2(C)CCC1C2(C)C. The van der Waals surface area contributed by atoms with E-state index in [1.54, 1.807) is 0 Å². The lowest BCUT2D eigenvalue weighted by Crippen LogP contribution is -2.33. The summed E-state index contributed by atoms with van der Waals surface area (Å²) in [5, 5.41) is 0. The van der Waals surface area contributed by atoms with Crippen LogP contribution in [0.2, 0.25) is 0 Å². The molecule has 1 heteroatoms. The van der Waals surface area contributed by atoms with Gasteiger partial charge >= 0.3 is 0 Å². The van der Waals surface area contributed by atoms with Gasteiger partial charge in [0.25, 0.3) is 0 Å². The predicted octanol–water partition coefficient (Wildman–Crippen LogP) is 6.12. The van der Waals surface area contributed by atoms with Gasteiger partial charge in [-0.2, -0.15) is 0 Å². The Hall–Kier alpha value is -0.330. The highest BCUT2D eigenvalue weighted by Gasteiger charge is 2.64. The highest BCUT2D eigenvalue weighted by Crippen LogP contribution is 2.67. The standard InChI is InChI=1S/C11H18O.C11H20/c1-7-8-5-6-11(4,9(7)12)10(8,2)3;1-8-7-11(4)6-5-9(8)10(11,2)3/h7-8H,5-6H2,1-4H3;8-9H,5-7H2,1-4H3. The Morgan fingerprint density at radius 2 is 1.39 bits per heavy atom. The van der Waals surface area contributed by atoms with Crippen LogP contribution in [0.3, 0.4) is 0 Å². The molecule has 0 N–H and O–H groups in total. The molecule has 4 saturated carbocycles. The zero-order chi connectivity index (χ0) is 17.4. The third-order valence-electron chi connectivity index (χ3n) is 9.81. The fourth-order valence-corrected chi connectivity index (χ4v) is 7.36. The smallest absolute Gasteiger partial charge is 0.142 e.